The fourth-order valence-corrected chi connectivity index (χ4v) is 7.18. The monoisotopic (exact) mass is 752 g/mol. The highest BCUT2D eigenvalue weighted by Crippen LogP contribution is 2.30. The third kappa shape index (κ3) is 9.58. The van der Waals surface area contributed by atoms with Crippen LogP contribution in [0.5, 0.6) is 0 Å². The number of hydrogen-bond acceptors (Lipinski definition) is 4. The zero-order valence-electron chi connectivity index (χ0n) is 27.1. The van der Waals surface area contributed by atoms with Crippen LogP contribution in [-0.4, -0.2) is 77.1 Å². The molecule has 50 heavy (non-hydrogen) atoms. The van der Waals surface area contributed by atoms with Crippen molar-refractivity contribution in [2.45, 2.75) is 31.2 Å². The number of nitrogens with two attached hydrogens (primary N) is 1. The van der Waals surface area contributed by atoms with Gasteiger partial charge in [0, 0.05) is 45.6 Å². The topological polar surface area (TPSA) is 104 Å². The van der Waals surface area contributed by atoms with Crippen LogP contribution in [0.1, 0.15) is 34.6 Å². The van der Waals surface area contributed by atoms with E-state index in [4.69, 9.17) is 52.1 Å². The van der Waals surface area contributed by atoms with Crippen molar-refractivity contribution in [1.82, 2.24) is 14.7 Å². The number of hydrogen-bond donors (Lipinski definition) is 1. The molecule has 0 spiro atoms. The van der Waals surface area contributed by atoms with Gasteiger partial charge in [-0.05, 0) is 59.4 Å². The summed E-state index contributed by atoms with van der Waals surface area (Å²) in [6.45, 7) is -0.0677. The van der Waals surface area contributed by atoms with Gasteiger partial charge in [0.25, 0.3) is 0 Å². The molecule has 4 aromatic carbocycles. The lowest BCUT2D eigenvalue weighted by Gasteiger charge is -2.42. The first kappa shape index (κ1) is 37.2. The highest BCUT2D eigenvalue weighted by Gasteiger charge is 2.42. The van der Waals surface area contributed by atoms with E-state index in [0.29, 0.717) is 32.9 Å². The number of carbonyl (C=O) groups is 4. The molecular weight excluding hydrogens is 718 g/mol. The van der Waals surface area contributed by atoms with Crippen LogP contribution in [-0.2, 0) is 32.0 Å². The maximum atomic E-state index is 14.3. The Hall–Kier alpha value is -4.08. The van der Waals surface area contributed by atoms with Crippen LogP contribution in [0.15, 0.2) is 97.1 Å². The molecule has 4 aromatic rings. The lowest BCUT2D eigenvalue weighted by atomic mass is 9.89. The van der Waals surface area contributed by atoms with Crippen molar-refractivity contribution in [1.29, 1.82) is 0 Å². The van der Waals surface area contributed by atoms with Crippen LogP contribution >= 0.6 is 46.4 Å². The van der Waals surface area contributed by atoms with E-state index in [2.05, 4.69) is 0 Å². The predicted molar refractivity (Wildman–Crippen MR) is 198 cm³/mol. The first-order chi connectivity index (χ1) is 24.0. The molecule has 0 saturated carbocycles. The fraction of sp³-hybridized carbons (Fsp3) is 0.263. The summed E-state index contributed by atoms with van der Waals surface area (Å²) in [4.78, 5) is 58.8. The van der Waals surface area contributed by atoms with Gasteiger partial charge in [0.1, 0.15) is 6.04 Å². The van der Waals surface area contributed by atoms with E-state index in [1.165, 1.54) is 14.7 Å². The van der Waals surface area contributed by atoms with Crippen molar-refractivity contribution >= 4 is 70.0 Å². The molecule has 1 heterocycles. The van der Waals surface area contributed by atoms with E-state index >= 15 is 0 Å². The van der Waals surface area contributed by atoms with Crippen molar-refractivity contribution in [3.8, 4) is 0 Å². The van der Waals surface area contributed by atoms with Gasteiger partial charge in [-0.25, -0.2) is 0 Å². The van der Waals surface area contributed by atoms with E-state index < -0.39 is 17.9 Å². The fourth-order valence-electron chi connectivity index (χ4n) is 6.17. The van der Waals surface area contributed by atoms with Crippen LogP contribution in [0.4, 0.5) is 0 Å². The molecule has 0 aliphatic carbocycles. The van der Waals surface area contributed by atoms with E-state index in [1.807, 2.05) is 60.7 Å². The molecule has 260 valence electrons. The molecule has 1 aliphatic heterocycles. The molecule has 0 radical (unpaired) electrons. The largest absolute Gasteiger partial charge is 0.368 e. The average Bonchev–Trinajstić information content (AvgIpc) is 3.09. The summed E-state index contributed by atoms with van der Waals surface area (Å²) >= 11 is 24.9. The summed E-state index contributed by atoms with van der Waals surface area (Å²) < 4.78 is 0. The SMILES string of the molecule is NC(=O)CN(CCc1ccc(Cl)cc1Cl)C(=O)C[C@H]1C(=O)N(CCc2ccc(Cl)cc2Cl)CC(=O)N1CC(c1ccccc1)c1ccccc1. The van der Waals surface area contributed by atoms with E-state index in [9.17, 15) is 19.2 Å². The van der Waals surface area contributed by atoms with Crippen molar-refractivity contribution in [3.05, 3.63) is 139 Å². The second-order valence-electron chi connectivity index (χ2n) is 12.2. The first-order valence-electron chi connectivity index (χ1n) is 16.1. The quantitative estimate of drug-likeness (QED) is 0.156. The van der Waals surface area contributed by atoms with Crippen molar-refractivity contribution < 1.29 is 19.2 Å². The van der Waals surface area contributed by atoms with Gasteiger partial charge in [-0.1, -0.05) is 119 Å². The van der Waals surface area contributed by atoms with Crippen molar-refractivity contribution in [3.63, 3.8) is 0 Å². The molecule has 4 amide bonds. The number of halogens is 4. The summed E-state index contributed by atoms with van der Waals surface area (Å²) in [5.74, 6) is -2.15. The van der Waals surface area contributed by atoms with Crippen molar-refractivity contribution in [2.75, 3.05) is 32.7 Å². The molecular formula is C38H36Cl4N4O4. The van der Waals surface area contributed by atoms with E-state index in [0.717, 1.165) is 22.3 Å². The Morgan fingerprint density at radius 1 is 0.780 bits per heavy atom. The minimum Gasteiger partial charge on any atom is -0.368 e. The zero-order chi connectivity index (χ0) is 35.8. The molecule has 12 heteroatoms. The molecule has 5 rings (SSSR count). The van der Waals surface area contributed by atoms with Gasteiger partial charge in [-0.15, -0.1) is 0 Å². The standard InChI is InChI=1S/C38H36Cl4N4O4/c39-29-13-11-27(32(41)19-29)15-17-44(23-35(43)47)36(48)21-34-38(50)45(18-16-28-12-14-30(40)20-33(28)42)24-37(49)46(34)22-31(25-7-3-1-4-8-25)26-9-5-2-6-10-26/h1-14,19-20,31,34H,15-18,21-24H2,(H2,43,47)/t34-/m0/s1. The first-order valence-corrected chi connectivity index (χ1v) is 17.6. The Balaban J connectivity index is 1.44. The third-order valence-electron chi connectivity index (χ3n) is 8.80. The minimum atomic E-state index is -1.13. The molecule has 1 aliphatic rings. The van der Waals surface area contributed by atoms with Gasteiger partial charge in [0.15, 0.2) is 0 Å². The highest BCUT2D eigenvalue weighted by atomic mass is 35.5. The zero-order valence-corrected chi connectivity index (χ0v) is 30.1. The van der Waals surface area contributed by atoms with Crippen LogP contribution < -0.4 is 5.73 Å². The minimum absolute atomic E-state index is 0.105. The van der Waals surface area contributed by atoms with Gasteiger partial charge in [0.2, 0.25) is 23.6 Å². The van der Waals surface area contributed by atoms with Gasteiger partial charge >= 0.3 is 0 Å². The smallest absolute Gasteiger partial charge is 0.246 e. The van der Waals surface area contributed by atoms with Crippen LogP contribution in [0.2, 0.25) is 20.1 Å². The molecule has 0 aromatic heterocycles. The van der Waals surface area contributed by atoms with Gasteiger partial charge in [-0.2, -0.15) is 0 Å². The van der Waals surface area contributed by atoms with Crippen molar-refractivity contribution in [2.24, 2.45) is 5.73 Å². The molecule has 8 nitrogen and oxygen atoms in total. The Morgan fingerprint density at radius 3 is 1.84 bits per heavy atom. The van der Waals surface area contributed by atoms with Gasteiger partial charge in [-0.3, -0.25) is 19.2 Å². The Morgan fingerprint density at radius 2 is 1.32 bits per heavy atom. The molecule has 1 saturated heterocycles. The Kier molecular flexibility index (Phi) is 12.8. The summed E-state index contributed by atoms with van der Waals surface area (Å²) in [6, 6.07) is 28.5. The summed E-state index contributed by atoms with van der Waals surface area (Å²) in [5, 5.41) is 1.84. The number of primary amides is 1. The van der Waals surface area contributed by atoms with Gasteiger partial charge < -0.3 is 20.4 Å². The number of nitrogens with zero attached hydrogens (tertiary/aromatic N) is 3. The summed E-state index contributed by atoms with van der Waals surface area (Å²) in [7, 11) is 0. The average molecular weight is 755 g/mol. The second kappa shape index (κ2) is 17.2. The summed E-state index contributed by atoms with van der Waals surface area (Å²) in [5.41, 5.74) is 8.97. The normalized spacial score (nSPS) is 14.7. The molecule has 2 N–H and O–H groups in total. The number of benzene rings is 4. The Labute approximate surface area is 311 Å². The second-order valence-corrected chi connectivity index (χ2v) is 13.8. The summed E-state index contributed by atoms with van der Waals surface area (Å²) in [6.07, 6.45) is 0.344. The maximum Gasteiger partial charge on any atom is 0.246 e. The number of rotatable bonds is 14. The maximum absolute atomic E-state index is 14.3. The number of piperazine rings is 1. The number of amides is 4. The molecule has 1 fully saturated rings. The molecule has 0 unspecified atom stereocenters. The highest BCUT2D eigenvalue weighted by molar-refractivity contribution is 6.35. The predicted octanol–water partition coefficient (Wildman–Crippen LogP) is 6.66. The Bertz CT molecular complexity index is 1800. The van der Waals surface area contributed by atoms with Gasteiger partial charge in [0.05, 0.1) is 19.5 Å². The van der Waals surface area contributed by atoms with Crippen LogP contribution in [0, 0.1) is 0 Å². The van der Waals surface area contributed by atoms with Crippen LogP contribution in [0.25, 0.3) is 0 Å². The van der Waals surface area contributed by atoms with Crippen LogP contribution in [0.3, 0.4) is 0 Å². The lowest BCUT2D eigenvalue weighted by molar-refractivity contribution is -0.158. The molecule has 0 bridgehead atoms. The molecule has 1 atom stereocenters. The third-order valence-corrected chi connectivity index (χ3v) is 9.98. The van der Waals surface area contributed by atoms with E-state index in [1.54, 1.807) is 36.4 Å². The lowest BCUT2D eigenvalue weighted by Crippen LogP contribution is -2.62. The number of carbonyl (C=O) groups excluding carboxylic acids is 4. The van der Waals surface area contributed by atoms with E-state index in [-0.39, 0.29) is 56.9 Å².